The van der Waals surface area contributed by atoms with E-state index >= 15 is 0 Å². The molecule has 0 bridgehead atoms. The summed E-state index contributed by atoms with van der Waals surface area (Å²) >= 11 is 0. The smallest absolute Gasteiger partial charge is 0.399 e. The molecule has 8 saturated heterocycles. The minimum absolute atomic E-state index is 0.106. The summed E-state index contributed by atoms with van der Waals surface area (Å²) in [6, 6.07) is 71.1. The molecule has 0 radical (unpaired) electrons. The second-order valence-corrected chi connectivity index (χ2v) is 41.4. The van der Waals surface area contributed by atoms with Crippen molar-refractivity contribution in [3.05, 3.63) is 216 Å². The molecule has 23 nitrogen and oxygen atoms in total. The van der Waals surface area contributed by atoms with Gasteiger partial charge in [0.15, 0.2) is 0 Å². The highest BCUT2D eigenvalue weighted by atomic mass is 19.4. The number of nitrogens with two attached hydrogens (primary N) is 1. The minimum atomic E-state index is -4.34. The van der Waals surface area contributed by atoms with Crippen LogP contribution in [0.15, 0.2) is 200 Å². The topological polar surface area (TPSA) is 207 Å². The molecule has 0 spiro atoms. The van der Waals surface area contributed by atoms with Gasteiger partial charge in [0.2, 0.25) is 0 Å². The molecule has 12 aromatic rings. The second-order valence-electron chi connectivity index (χ2n) is 41.4. The number of rotatable bonds is 28. The van der Waals surface area contributed by atoms with Crippen LogP contribution >= 0.6 is 0 Å². The third kappa shape index (κ3) is 27.1. The van der Waals surface area contributed by atoms with Crippen LogP contribution in [-0.4, -0.2) is 309 Å². The molecule has 4 aromatic heterocycles. The van der Waals surface area contributed by atoms with E-state index in [1.165, 1.54) is 212 Å². The number of halogens is 3. The number of para-hydroxylation sites is 1. The first-order valence-electron chi connectivity index (χ1n) is 52.3. The third-order valence-electron chi connectivity index (χ3n) is 31.1. The van der Waals surface area contributed by atoms with E-state index in [1.807, 2.05) is 30.3 Å². The molecule has 8 aliphatic heterocycles. The molecular formula is C113H154F3N21O2. The summed E-state index contributed by atoms with van der Waals surface area (Å²) in [5, 5.41) is 26.5. The third-order valence-corrected chi connectivity index (χ3v) is 31.1. The molecular weight excluding hydrogens is 1740 g/mol. The molecule has 8 aliphatic rings. The summed E-state index contributed by atoms with van der Waals surface area (Å²) in [4.78, 5) is 55.3. The monoisotopic (exact) mass is 1890 g/mol. The number of non-ortho nitro benzene ring substituents is 1. The first-order chi connectivity index (χ1) is 67.4. The van der Waals surface area contributed by atoms with Crippen LogP contribution in [0.2, 0.25) is 0 Å². The summed E-state index contributed by atoms with van der Waals surface area (Å²) < 4.78 is 39.3. The number of piperidine rings is 4. The van der Waals surface area contributed by atoms with Crippen LogP contribution in [0.3, 0.4) is 0 Å². The van der Waals surface area contributed by atoms with E-state index in [4.69, 9.17) is 5.73 Å². The predicted octanol–water partition coefficient (Wildman–Crippen LogP) is 19.2. The Labute approximate surface area is 822 Å². The molecule has 0 saturated carbocycles. The number of H-pyrrole nitrogens is 4. The highest BCUT2D eigenvalue weighted by molar-refractivity contribution is 5.91. The van der Waals surface area contributed by atoms with Gasteiger partial charge in [0.25, 0.3) is 5.69 Å². The van der Waals surface area contributed by atoms with Crippen molar-refractivity contribution in [2.24, 2.45) is 5.92 Å². The van der Waals surface area contributed by atoms with Gasteiger partial charge in [-0.1, -0.05) is 72.8 Å². The van der Waals surface area contributed by atoms with Gasteiger partial charge in [0.05, 0.1) is 16.0 Å². The number of nitrogen functional groups attached to an aromatic ring is 1. The number of alkyl halides is 3. The molecule has 0 aliphatic carbocycles. The average Bonchev–Trinajstić information content (AvgIpc) is 1.29. The first kappa shape index (κ1) is 100. The second kappa shape index (κ2) is 47.5. The lowest BCUT2D eigenvalue weighted by molar-refractivity contribution is -0.384. The average molecular weight is 1900 g/mol. The Balaban J connectivity index is 0.000000128. The van der Waals surface area contributed by atoms with Crippen LogP contribution in [0, 0.1) is 16.0 Å². The maximum atomic E-state index is 13.1. The Morgan fingerprint density at radius 2 is 0.662 bits per heavy atom. The van der Waals surface area contributed by atoms with E-state index in [-0.39, 0.29) is 10.6 Å². The van der Waals surface area contributed by atoms with E-state index in [9.17, 15) is 23.3 Å². The molecule has 8 aromatic carbocycles. The SMILES string of the molecule is CC(C)N1CCN(CCC2CCN(c3cccc(-c4cc5ccccc5[nH]4)c3)CC2)CC1.CC(C)N1CCN(CCNC2CCN(c3cccc(-c4cc5cc(C(F)(F)F)ccc5[nH]4)c3)CC2)CC1.CC(C)N1CCN(CCNC2CCN(c3cccc(-c4cc5ccc(N)cc5[nH]4)c3)CC2)CC1.CC(C)N1CCN(CCNC2CCN(c3cccc(-c4cc5ccc([N+](=O)[O-])cc5[nH]4)c3)CC2)CC1. The largest absolute Gasteiger partial charge is 0.416 e. The molecule has 12 heterocycles. The Bertz CT molecular complexity index is 5820. The Kier molecular flexibility index (Phi) is 34.2. The van der Waals surface area contributed by atoms with Crippen molar-refractivity contribution in [1.29, 1.82) is 0 Å². The molecule has 20 rings (SSSR count). The maximum Gasteiger partial charge on any atom is 0.416 e. The van der Waals surface area contributed by atoms with Crippen molar-refractivity contribution < 1.29 is 18.1 Å². The number of anilines is 5. The zero-order valence-electron chi connectivity index (χ0n) is 83.8. The van der Waals surface area contributed by atoms with Gasteiger partial charge in [0.1, 0.15) is 0 Å². The molecule has 0 atom stereocenters. The summed E-state index contributed by atoms with van der Waals surface area (Å²) in [6.45, 7) is 54.2. The summed E-state index contributed by atoms with van der Waals surface area (Å²) in [5.41, 5.74) is 23.9. The van der Waals surface area contributed by atoms with E-state index < -0.39 is 11.7 Å². The molecule has 0 unspecified atom stereocenters. The van der Waals surface area contributed by atoms with E-state index in [0.29, 0.717) is 53.2 Å². The van der Waals surface area contributed by atoms with Gasteiger partial charge < -0.3 is 66.1 Å². The number of aromatic nitrogens is 4. The fraction of sp³-hybridized carbons (Fsp3) is 0.504. The molecule has 139 heavy (non-hydrogen) atoms. The lowest BCUT2D eigenvalue weighted by Gasteiger charge is -2.38. The molecule has 9 N–H and O–H groups in total. The minimum Gasteiger partial charge on any atom is -0.399 e. The zero-order chi connectivity index (χ0) is 96.5. The quantitative estimate of drug-likeness (QED) is 0.0130. The van der Waals surface area contributed by atoms with Crippen molar-refractivity contribution in [3.63, 3.8) is 0 Å². The number of fused-ring (bicyclic) bond motifs is 4. The van der Waals surface area contributed by atoms with Gasteiger partial charge in [-0.15, -0.1) is 0 Å². The summed E-state index contributed by atoms with van der Waals surface area (Å²) in [6.07, 6.45) is 6.61. The van der Waals surface area contributed by atoms with Crippen molar-refractivity contribution in [2.45, 2.75) is 162 Å². The lowest BCUT2D eigenvalue weighted by atomic mass is 9.92. The predicted molar refractivity (Wildman–Crippen MR) is 573 cm³/mol. The Morgan fingerprint density at radius 3 is 1.02 bits per heavy atom. The molecule has 0 amide bonds. The van der Waals surface area contributed by atoms with Gasteiger partial charge >= 0.3 is 6.18 Å². The number of nitrogens with one attached hydrogen (secondary N) is 7. The standard InChI is InChI=1S/C29H38F3N5.C28H38N6O2.C28H40N6.C28H38N4/c1-21(2)36-16-14-35(15-17-36)13-10-33-25-8-11-37(12-9-25)26-5-3-4-22(19-26)28-20-23-18-24(29(30,31)32)6-7-27(23)34-28;1-21(2)32-16-14-31(15-17-32)13-10-29-24-8-11-33(12-9-24)25-5-3-4-22(18-25)27-19-23-6-7-26(34(35)36)20-28(23)30-27;1-21(2)33-16-14-32(15-17-33)13-10-30-25-8-11-34(12-9-25)26-5-3-4-22(18-26)27-19-23-6-7-24(29)20-28(23)31-27;1-22(2)31-18-16-30(17-19-31)13-10-23-11-14-32(15-12-23)26-8-5-7-24(20-26)28-21-25-6-3-4-9-27(25)29-28/h3-7,18-21,25,33-34H,8-17H2,1-2H3;3-7,18-21,24,29-30H,8-17H2,1-2H3;3-7,18-21,25,30-31H,8-17,29H2,1-2H3;3-9,20-23,29H,10-19H2,1-2H3. The van der Waals surface area contributed by atoms with Crippen molar-refractivity contribution in [1.82, 2.24) is 75.1 Å². The van der Waals surface area contributed by atoms with Crippen LogP contribution in [0.4, 0.5) is 47.3 Å². The van der Waals surface area contributed by atoms with Crippen LogP contribution in [0.5, 0.6) is 0 Å². The lowest BCUT2D eigenvalue weighted by Crippen LogP contribution is -2.51. The summed E-state index contributed by atoms with van der Waals surface area (Å²) in [5.74, 6) is 0.881. The normalized spacial score (nSPS) is 18.8. The van der Waals surface area contributed by atoms with Crippen LogP contribution < -0.4 is 41.3 Å². The fourth-order valence-corrected chi connectivity index (χ4v) is 22.0. The van der Waals surface area contributed by atoms with Gasteiger partial charge in [0, 0.05) is 340 Å². The van der Waals surface area contributed by atoms with Gasteiger partial charge in [-0.25, -0.2) is 0 Å². The molecule has 744 valence electrons. The van der Waals surface area contributed by atoms with Crippen molar-refractivity contribution in [2.75, 3.05) is 228 Å². The van der Waals surface area contributed by atoms with Crippen LogP contribution in [-0.2, 0) is 6.18 Å². The van der Waals surface area contributed by atoms with E-state index in [1.54, 1.807) is 18.2 Å². The number of nitro groups is 1. The number of hydrogen-bond acceptors (Lipinski definition) is 18. The van der Waals surface area contributed by atoms with Crippen LogP contribution in [0.25, 0.3) is 88.6 Å². The van der Waals surface area contributed by atoms with Crippen molar-refractivity contribution in [3.8, 4) is 45.0 Å². The van der Waals surface area contributed by atoms with E-state index in [2.05, 4.69) is 284 Å². The number of aromatic amines is 4. The molecule has 26 heteroatoms. The number of hydrogen-bond donors (Lipinski definition) is 8. The van der Waals surface area contributed by atoms with Crippen LogP contribution in [0.1, 0.15) is 119 Å². The number of nitro benzene ring substituents is 1. The van der Waals surface area contributed by atoms with Gasteiger partial charge in [-0.2, -0.15) is 13.2 Å². The highest BCUT2D eigenvalue weighted by Gasteiger charge is 2.33. The fourth-order valence-electron chi connectivity index (χ4n) is 22.0. The van der Waals surface area contributed by atoms with Gasteiger partial charge in [-0.3, -0.25) is 44.4 Å². The number of nitrogens with zero attached hydrogens (tertiary/aromatic N) is 13. The van der Waals surface area contributed by atoms with Crippen molar-refractivity contribution >= 4 is 77.7 Å². The highest BCUT2D eigenvalue weighted by Crippen LogP contribution is 2.38. The number of benzene rings is 8. The number of piperazine rings is 4. The molecule has 8 fully saturated rings. The van der Waals surface area contributed by atoms with Gasteiger partial charge in [-0.05, 0) is 263 Å². The Hall–Kier alpha value is -10.3. The maximum absolute atomic E-state index is 13.1. The Morgan fingerprint density at radius 1 is 0.338 bits per heavy atom. The summed E-state index contributed by atoms with van der Waals surface area (Å²) in [7, 11) is 0. The van der Waals surface area contributed by atoms with E-state index in [0.717, 1.165) is 179 Å². The zero-order valence-corrected chi connectivity index (χ0v) is 83.8. The first-order valence-corrected chi connectivity index (χ1v) is 52.3.